The first kappa shape index (κ1) is 30.3. The molecule has 9 fully saturated rings. The summed E-state index contributed by atoms with van der Waals surface area (Å²) in [5, 5.41) is 0. The summed E-state index contributed by atoms with van der Waals surface area (Å²) in [6.45, 7) is 10.3. The second kappa shape index (κ2) is 9.21. The lowest BCUT2D eigenvalue weighted by atomic mass is 9.36. The van der Waals surface area contributed by atoms with Crippen molar-refractivity contribution >= 4 is 17.3 Å². The van der Waals surface area contributed by atoms with E-state index in [1.165, 1.54) is 62.5 Å². The van der Waals surface area contributed by atoms with Gasteiger partial charge in [-0.05, 0) is 171 Å². The van der Waals surface area contributed by atoms with Gasteiger partial charge in [-0.25, -0.2) is 0 Å². The van der Waals surface area contributed by atoms with E-state index in [4.69, 9.17) is 4.74 Å². The smallest absolute Gasteiger partial charge is 0.155 e. The Balaban J connectivity index is 1.06. The minimum Gasteiger partial charge on any atom is -0.377 e. The lowest BCUT2D eigenvalue weighted by Crippen LogP contribution is -2.71. The Morgan fingerprint density at radius 1 is 0.660 bits per heavy atom. The average molecular weight is 639 g/mol. The van der Waals surface area contributed by atoms with Crippen LogP contribution in [0, 0.1) is 80.3 Å². The SMILES string of the molecule is CO[C@@]12CC(=O)[C@@]3([C@H](C[C@H]4[C@H]5CCC6=CC(=O)CC[C@@]6(C)[C@@H]5CC[C@]43C)C1)[C@@H]1C[C@H]3[C@@H]4CCC5=CC(=O)CC[C@]5(C)[C@H]4CC[C@]3(C)[C@H]12. The minimum atomic E-state index is -0.299. The molecular weight excluding hydrogens is 580 g/mol. The largest absolute Gasteiger partial charge is 0.377 e. The van der Waals surface area contributed by atoms with Gasteiger partial charge in [0.2, 0.25) is 0 Å². The number of hydrogen-bond acceptors (Lipinski definition) is 4. The van der Waals surface area contributed by atoms with Gasteiger partial charge in [-0.3, -0.25) is 14.4 Å². The molecule has 9 saturated carbocycles. The number of allylic oxidation sites excluding steroid dienone is 2. The molecule has 0 N–H and O–H groups in total. The lowest BCUT2D eigenvalue weighted by molar-refractivity contribution is -0.242. The number of carbonyl (C=O) groups excluding carboxylic acids is 3. The Labute approximate surface area is 282 Å². The molecule has 4 nitrogen and oxygen atoms in total. The van der Waals surface area contributed by atoms with Gasteiger partial charge >= 0.3 is 0 Å². The van der Waals surface area contributed by atoms with Crippen LogP contribution in [0.4, 0.5) is 0 Å². The third-order valence-corrected chi connectivity index (χ3v) is 19.6. The lowest BCUT2D eigenvalue weighted by Gasteiger charge is -2.68. The van der Waals surface area contributed by atoms with Crippen LogP contribution in [0.5, 0.6) is 0 Å². The molecule has 4 heteroatoms. The van der Waals surface area contributed by atoms with E-state index < -0.39 is 0 Å². The Morgan fingerprint density at radius 2 is 1.26 bits per heavy atom. The Kier molecular flexibility index (Phi) is 5.94. The van der Waals surface area contributed by atoms with Crippen LogP contribution in [0.3, 0.4) is 0 Å². The number of carbonyl (C=O) groups is 3. The van der Waals surface area contributed by atoms with E-state index in [1.807, 2.05) is 13.2 Å². The van der Waals surface area contributed by atoms with Gasteiger partial charge in [-0.15, -0.1) is 0 Å². The summed E-state index contributed by atoms with van der Waals surface area (Å²) in [5.41, 5.74) is 3.06. The summed E-state index contributed by atoms with van der Waals surface area (Å²) in [5.74, 6) is 6.64. The molecule has 0 amide bonds. The number of ketones is 3. The third kappa shape index (κ3) is 3.27. The van der Waals surface area contributed by atoms with Crippen molar-refractivity contribution in [2.24, 2.45) is 80.3 Å². The summed E-state index contributed by atoms with van der Waals surface area (Å²) < 4.78 is 6.81. The maximum absolute atomic E-state index is 15.2. The number of fused-ring (bicyclic) bond motifs is 11. The molecule has 2 bridgehead atoms. The standard InChI is InChI=1S/C43H58O4/c1-38-14-10-27(44)18-24(38)6-8-29-31(38)12-16-40(3)33(29)21-35-37(40)42(47-5)22-26-20-34-30-9-7-25-19-28(45)11-15-39(25,2)32(30)13-17-41(34,4)43(26,35)36(46)23-42/h18-19,26,29-35,37H,6-17,20-23H2,1-5H3/t26-,29-,30+,31+,32-,33+,34+,35-,37+,38+,39-,40+,41-,42-,43-/m1/s1. The molecule has 11 aliphatic carbocycles. The Morgan fingerprint density at radius 3 is 1.87 bits per heavy atom. The fraction of sp³-hybridized carbons (Fsp3) is 0.837. The first-order valence-electron chi connectivity index (χ1n) is 19.9. The molecule has 1 spiro atoms. The summed E-state index contributed by atoms with van der Waals surface area (Å²) in [7, 11) is 1.96. The zero-order chi connectivity index (χ0) is 32.5. The molecule has 15 atom stereocenters. The van der Waals surface area contributed by atoms with Crippen molar-refractivity contribution in [3.8, 4) is 0 Å². The van der Waals surface area contributed by atoms with E-state index in [0.29, 0.717) is 83.5 Å². The Bertz CT molecular complexity index is 1550. The van der Waals surface area contributed by atoms with Gasteiger partial charge in [-0.1, -0.05) is 38.8 Å². The van der Waals surface area contributed by atoms with E-state index in [0.717, 1.165) is 38.5 Å². The van der Waals surface area contributed by atoms with Crippen molar-refractivity contribution in [3.63, 3.8) is 0 Å². The second-order valence-corrected chi connectivity index (χ2v) is 20.1. The molecule has 0 aliphatic heterocycles. The Hall–Kier alpha value is -1.55. The van der Waals surface area contributed by atoms with Gasteiger partial charge in [0.25, 0.3) is 0 Å². The van der Waals surface area contributed by atoms with Crippen molar-refractivity contribution in [1.82, 2.24) is 0 Å². The minimum absolute atomic E-state index is 0.0721. The summed E-state index contributed by atoms with van der Waals surface area (Å²) in [4.78, 5) is 40.2. The van der Waals surface area contributed by atoms with Crippen LogP contribution < -0.4 is 0 Å². The van der Waals surface area contributed by atoms with Crippen LogP contribution in [0.1, 0.15) is 130 Å². The van der Waals surface area contributed by atoms with Crippen LogP contribution in [0.15, 0.2) is 23.3 Å². The molecule has 254 valence electrons. The molecule has 0 aromatic rings. The van der Waals surface area contributed by atoms with Gasteiger partial charge < -0.3 is 4.74 Å². The van der Waals surface area contributed by atoms with E-state index in [-0.39, 0.29) is 32.7 Å². The van der Waals surface area contributed by atoms with Crippen molar-refractivity contribution in [2.45, 2.75) is 136 Å². The number of ether oxygens (including phenoxy) is 1. The summed E-state index contributed by atoms with van der Waals surface area (Å²) in [6, 6.07) is 0. The van der Waals surface area contributed by atoms with Crippen molar-refractivity contribution in [2.75, 3.05) is 7.11 Å². The maximum atomic E-state index is 15.2. The molecule has 0 heterocycles. The van der Waals surface area contributed by atoms with E-state index >= 15 is 4.79 Å². The van der Waals surface area contributed by atoms with E-state index in [9.17, 15) is 9.59 Å². The van der Waals surface area contributed by atoms with E-state index in [2.05, 4.69) is 33.8 Å². The number of methoxy groups -OCH3 is 1. The fourth-order valence-electron chi connectivity index (χ4n) is 18.0. The molecule has 0 aromatic heterocycles. The highest BCUT2D eigenvalue weighted by molar-refractivity contribution is 5.92. The molecule has 11 rings (SSSR count). The van der Waals surface area contributed by atoms with Gasteiger partial charge in [0, 0.05) is 31.8 Å². The molecular formula is C43H58O4. The number of rotatable bonds is 1. The van der Waals surface area contributed by atoms with Gasteiger partial charge in [0.1, 0.15) is 5.78 Å². The van der Waals surface area contributed by atoms with E-state index in [1.54, 1.807) is 0 Å². The molecule has 47 heavy (non-hydrogen) atoms. The van der Waals surface area contributed by atoms with Crippen molar-refractivity contribution in [1.29, 1.82) is 0 Å². The molecule has 0 radical (unpaired) electrons. The van der Waals surface area contributed by atoms with Crippen molar-refractivity contribution in [3.05, 3.63) is 23.3 Å². The van der Waals surface area contributed by atoms with Crippen LogP contribution in [-0.2, 0) is 19.1 Å². The average Bonchev–Trinajstić information content (AvgIpc) is 3.52. The quantitative estimate of drug-likeness (QED) is 0.288. The molecule has 0 aromatic carbocycles. The summed E-state index contributed by atoms with van der Waals surface area (Å²) >= 11 is 0. The van der Waals surface area contributed by atoms with Crippen LogP contribution >= 0.6 is 0 Å². The number of hydrogen-bond donors (Lipinski definition) is 0. The summed E-state index contributed by atoms with van der Waals surface area (Å²) in [6.07, 6.45) is 21.3. The highest BCUT2D eigenvalue weighted by Crippen LogP contribution is 2.84. The molecule has 0 saturated heterocycles. The highest BCUT2D eigenvalue weighted by Gasteiger charge is 2.83. The predicted molar refractivity (Wildman–Crippen MR) is 181 cm³/mol. The van der Waals surface area contributed by atoms with Gasteiger partial charge in [0.15, 0.2) is 11.6 Å². The molecule has 11 aliphatic rings. The van der Waals surface area contributed by atoms with Crippen LogP contribution in [0.2, 0.25) is 0 Å². The van der Waals surface area contributed by atoms with Crippen LogP contribution in [0.25, 0.3) is 0 Å². The monoisotopic (exact) mass is 638 g/mol. The fourth-order valence-corrected chi connectivity index (χ4v) is 18.0. The number of Topliss-reactive ketones (excluding diaryl/α,β-unsaturated/α-hetero) is 1. The first-order valence-corrected chi connectivity index (χ1v) is 19.9. The maximum Gasteiger partial charge on any atom is 0.155 e. The highest BCUT2D eigenvalue weighted by atomic mass is 16.5. The zero-order valence-corrected chi connectivity index (χ0v) is 29.8. The van der Waals surface area contributed by atoms with Crippen molar-refractivity contribution < 1.29 is 19.1 Å². The second-order valence-electron chi connectivity index (χ2n) is 20.1. The predicted octanol–water partition coefficient (Wildman–Crippen LogP) is 8.87. The van der Waals surface area contributed by atoms with Crippen LogP contribution in [-0.4, -0.2) is 30.1 Å². The molecule has 0 unspecified atom stereocenters. The first-order chi connectivity index (χ1) is 22.4. The topological polar surface area (TPSA) is 60.4 Å². The third-order valence-electron chi connectivity index (χ3n) is 19.6. The van der Waals surface area contributed by atoms with Gasteiger partial charge in [0.05, 0.1) is 5.60 Å². The normalized spacial score (nSPS) is 58.6. The zero-order valence-electron chi connectivity index (χ0n) is 29.8. The van der Waals surface area contributed by atoms with Gasteiger partial charge in [-0.2, -0.15) is 0 Å².